The third kappa shape index (κ3) is 2.23. The summed E-state index contributed by atoms with van der Waals surface area (Å²) in [6.45, 7) is 2.18. The van der Waals surface area contributed by atoms with Crippen molar-refractivity contribution in [3.05, 3.63) is 47.7 Å². The number of rotatable bonds is 2. The van der Waals surface area contributed by atoms with Crippen LogP contribution in [0.15, 0.2) is 30.3 Å². The lowest BCUT2D eigenvalue weighted by molar-refractivity contribution is 0.628. The van der Waals surface area contributed by atoms with Crippen LogP contribution in [-0.2, 0) is 6.54 Å². The molecule has 0 radical (unpaired) electrons. The minimum absolute atomic E-state index is 0.256. The highest BCUT2D eigenvalue weighted by molar-refractivity contribution is 5.59. The Labute approximate surface area is 93.2 Å². The number of aromatic nitrogens is 2. The summed E-state index contributed by atoms with van der Waals surface area (Å²) in [5.41, 5.74) is 7.96. The van der Waals surface area contributed by atoms with Crippen molar-refractivity contribution in [2.45, 2.75) is 13.5 Å². The maximum absolute atomic E-state index is 12.8. The summed E-state index contributed by atoms with van der Waals surface area (Å²) in [5, 5.41) is 0. The van der Waals surface area contributed by atoms with Crippen molar-refractivity contribution in [2.24, 2.45) is 5.73 Å². The number of aryl methyl sites for hydroxylation is 1. The normalized spacial score (nSPS) is 10.4. The number of nitrogens with two attached hydrogens (primary N) is 1. The molecule has 0 atom stereocenters. The van der Waals surface area contributed by atoms with Crippen molar-refractivity contribution in [3.8, 4) is 11.3 Å². The van der Waals surface area contributed by atoms with Gasteiger partial charge in [-0.3, -0.25) is 0 Å². The van der Waals surface area contributed by atoms with E-state index in [0.717, 1.165) is 17.0 Å². The van der Waals surface area contributed by atoms with E-state index in [4.69, 9.17) is 5.73 Å². The molecule has 0 unspecified atom stereocenters. The first kappa shape index (κ1) is 10.7. The highest BCUT2D eigenvalue weighted by atomic mass is 19.1. The fourth-order valence-corrected chi connectivity index (χ4v) is 1.50. The van der Waals surface area contributed by atoms with Crippen LogP contribution in [0, 0.1) is 12.7 Å². The first-order valence-electron chi connectivity index (χ1n) is 4.99. The first-order chi connectivity index (χ1) is 7.69. The lowest BCUT2D eigenvalue weighted by Gasteiger charge is -2.04. The van der Waals surface area contributed by atoms with Gasteiger partial charge in [-0.1, -0.05) is 0 Å². The van der Waals surface area contributed by atoms with E-state index < -0.39 is 0 Å². The van der Waals surface area contributed by atoms with Crippen LogP contribution in [0.1, 0.15) is 11.5 Å². The number of nitrogens with zero attached hydrogens (tertiary/aromatic N) is 2. The van der Waals surface area contributed by atoms with E-state index in [0.29, 0.717) is 12.4 Å². The van der Waals surface area contributed by atoms with Crippen LogP contribution in [-0.4, -0.2) is 9.97 Å². The molecule has 0 fully saturated rings. The van der Waals surface area contributed by atoms with Gasteiger partial charge < -0.3 is 5.73 Å². The highest BCUT2D eigenvalue weighted by Gasteiger charge is 2.03. The van der Waals surface area contributed by atoms with Crippen LogP contribution in [0.2, 0.25) is 0 Å². The molecule has 0 amide bonds. The lowest BCUT2D eigenvalue weighted by atomic mass is 10.1. The van der Waals surface area contributed by atoms with E-state index in [9.17, 15) is 4.39 Å². The monoisotopic (exact) mass is 217 g/mol. The van der Waals surface area contributed by atoms with Crippen molar-refractivity contribution in [3.63, 3.8) is 0 Å². The molecule has 0 saturated heterocycles. The van der Waals surface area contributed by atoms with Crippen molar-refractivity contribution < 1.29 is 4.39 Å². The topological polar surface area (TPSA) is 51.8 Å². The molecule has 16 heavy (non-hydrogen) atoms. The van der Waals surface area contributed by atoms with Crippen LogP contribution < -0.4 is 5.73 Å². The van der Waals surface area contributed by atoms with E-state index >= 15 is 0 Å². The number of halogens is 1. The summed E-state index contributed by atoms with van der Waals surface area (Å²) in [5.74, 6) is 0.413. The van der Waals surface area contributed by atoms with Gasteiger partial charge in [0.2, 0.25) is 0 Å². The summed E-state index contributed by atoms with van der Waals surface area (Å²) >= 11 is 0. The third-order valence-corrected chi connectivity index (χ3v) is 2.24. The Hall–Kier alpha value is -1.81. The van der Waals surface area contributed by atoms with Crippen molar-refractivity contribution >= 4 is 0 Å². The molecule has 0 aliphatic carbocycles. The summed E-state index contributed by atoms with van der Waals surface area (Å²) in [6, 6.07) is 8.03. The second-order valence-corrected chi connectivity index (χ2v) is 3.50. The second kappa shape index (κ2) is 4.37. The summed E-state index contributed by atoms with van der Waals surface area (Å²) in [6.07, 6.45) is 0. The van der Waals surface area contributed by atoms with Gasteiger partial charge in [-0.05, 0) is 37.3 Å². The molecule has 0 aliphatic heterocycles. The summed E-state index contributed by atoms with van der Waals surface area (Å²) in [7, 11) is 0. The van der Waals surface area contributed by atoms with E-state index in [-0.39, 0.29) is 5.82 Å². The number of benzene rings is 1. The Bertz CT molecular complexity index is 494. The van der Waals surface area contributed by atoms with E-state index in [1.165, 1.54) is 12.1 Å². The SMILES string of the molecule is Cc1nc(CN)cc(-c2ccc(F)cc2)n1. The molecule has 4 heteroatoms. The predicted octanol–water partition coefficient (Wildman–Crippen LogP) is 2.05. The first-order valence-corrected chi connectivity index (χ1v) is 4.99. The molecule has 82 valence electrons. The fraction of sp³-hybridized carbons (Fsp3) is 0.167. The average Bonchev–Trinajstić information content (AvgIpc) is 2.29. The molecule has 2 aromatic rings. The highest BCUT2D eigenvalue weighted by Crippen LogP contribution is 2.18. The molecule has 0 aliphatic rings. The van der Waals surface area contributed by atoms with Gasteiger partial charge in [0, 0.05) is 12.1 Å². The summed E-state index contributed by atoms with van der Waals surface area (Å²) in [4.78, 5) is 8.48. The maximum atomic E-state index is 12.8. The van der Waals surface area contributed by atoms with Gasteiger partial charge in [-0.25, -0.2) is 14.4 Å². The van der Waals surface area contributed by atoms with E-state index in [1.54, 1.807) is 12.1 Å². The van der Waals surface area contributed by atoms with E-state index in [2.05, 4.69) is 9.97 Å². The molecule has 1 heterocycles. The molecule has 1 aromatic heterocycles. The van der Waals surface area contributed by atoms with Gasteiger partial charge in [0.1, 0.15) is 11.6 Å². The average molecular weight is 217 g/mol. The second-order valence-electron chi connectivity index (χ2n) is 3.50. The van der Waals surface area contributed by atoms with Gasteiger partial charge in [0.15, 0.2) is 0 Å². The Balaban J connectivity index is 2.47. The van der Waals surface area contributed by atoms with Gasteiger partial charge >= 0.3 is 0 Å². The molecular weight excluding hydrogens is 205 g/mol. The van der Waals surface area contributed by atoms with Crippen LogP contribution in [0.25, 0.3) is 11.3 Å². The molecule has 2 rings (SSSR count). The van der Waals surface area contributed by atoms with Crippen LogP contribution in [0.5, 0.6) is 0 Å². The zero-order chi connectivity index (χ0) is 11.5. The van der Waals surface area contributed by atoms with Crippen molar-refractivity contribution in [2.75, 3.05) is 0 Å². The van der Waals surface area contributed by atoms with Gasteiger partial charge in [-0.2, -0.15) is 0 Å². The molecule has 0 spiro atoms. The minimum atomic E-state index is -0.256. The van der Waals surface area contributed by atoms with Gasteiger partial charge in [0.05, 0.1) is 11.4 Å². The Morgan fingerprint density at radius 2 is 1.88 bits per heavy atom. The Morgan fingerprint density at radius 3 is 2.50 bits per heavy atom. The number of hydrogen-bond donors (Lipinski definition) is 1. The van der Waals surface area contributed by atoms with Crippen LogP contribution >= 0.6 is 0 Å². The third-order valence-electron chi connectivity index (χ3n) is 2.24. The van der Waals surface area contributed by atoms with E-state index in [1.807, 2.05) is 13.0 Å². The summed E-state index contributed by atoms with van der Waals surface area (Å²) < 4.78 is 12.8. The quantitative estimate of drug-likeness (QED) is 0.837. The molecule has 0 bridgehead atoms. The molecule has 0 saturated carbocycles. The van der Waals surface area contributed by atoms with Crippen LogP contribution in [0.3, 0.4) is 0 Å². The zero-order valence-electron chi connectivity index (χ0n) is 8.94. The lowest BCUT2D eigenvalue weighted by Crippen LogP contribution is -2.03. The van der Waals surface area contributed by atoms with Crippen LogP contribution in [0.4, 0.5) is 4.39 Å². The Morgan fingerprint density at radius 1 is 1.19 bits per heavy atom. The molecule has 1 aromatic carbocycles. The number of hydrogen-bond acceptors (Lipinski definition) is 3. The fourth-order valence-electron chi connectivity index (χ4n) is 1.50. The molecule has 3 nitrogen and oxygen atoms in total. The van der Waals surface area contributed by atoms with Crippen molar-refractivity contribution in [1.29, 1.82) is 0 Å². The van der Waals surface area contributed by atoms with Gasteiger partial charge in [0.25, 0.3) is 0 Å². The maximum Gasteiger partial charge on any atom is 0.126 e. The molecule has 2 N–H and O–H groups in total. The van der Waals surface area contributed by atoms with Crippen molar-refractivity contribution in [1.82, 2.24) is 9.97 Å². The molecular formula is C12H12FN3. The largest absolute Gasteiger partial charge is 0.325 e. The minimum Gasteiger partial charge on any atom is -0.325 e. The smallest absolute Gasteiger partial charge is 0.126 e. The standard InChI is InChI=1S/C12H12FN3/c1-8-15-11(7-14)6-12(16-8)9-2-4-10(13)5-3-9/h2-6H,7,14H2,1H3. The predicted molar refractivity (Wildman–Crippen MR) is 60.1 cm³/mol. The zero-order valence-corrected chi connectivity index (χ0v) is 8.94. The van der Waals surface area contributed by atoms with Gasteiger partial charge in [-0.15, -0.1) is 0 Å². The Kier molecular flexibility index (Phi) is 2.92.